The van der Waals surface area contributed by atoms with Gasteiger partial charge in [-0.3, -0.25) is 9.38 Å². The van der Waals surface area contributed by atoms with E-state index in [9.17, 15) is 0 Å². The van der Waals surface area contributed by atoms with Gasteiger partial charge in [-0.25, -0.2) is 19.9 Å². The van der Waals surface area contributed by atoms with Crippen LogP contribution in [0.4, 0.5) is 5.82 Å². The van der Waals surface area contributed by atoms with E-state index in [0.717, 1.165) is 55.9 Å². The lowest BCUT2D eigenvalue weighted by molar-refractivity contribution is 0.399. The molecule has 0 amide bonds. The molecule has 0 aliphatic rings. The van der Waals surface area contributed by atoms with Crippen molar-refractivity contribution in [2.75, 3.05) is 21.2 Å². The van der Waals surface area contributed by atoms with Gasteiger partial charge < -0.3 is 9.64 Å². The fraction of sp³-hybridized carbons (Fsp3) is 0.147. The largest absolute Gasteiger partial charge is 0.481 e. The quantitative estimate of drug-likeness (QED) is 0.143. The summed E-state index contributed by atoms with van der Waals surface area (Å²) in [7, 11) is 5.45. The SMILES string of the molecule is COc1ncccc1-c1nc2cc(C)ccn2c1-c1ccc(/N=C/N(C)C)nc1C#Cc1ccc2nc(C)ccc2c1. The highest BCUT2D eigenvalue weighted by molar-refractivity contribution is 5.86. The van der Waals surface area contributed by atoms with Crippen LogP contribution in [0.15, 0.2) is 84.1 Å². The van der Waals surface area contributed by atoms with Gasteiger partial charge in [-0.2, -0.15) is 0 Å². The van der Waals surface area contributed by atoms with Crippen molar-refractivity contribution < 1.29 is 4.74 Å². The molecule has 5 heterocycles. The summed E-state index contributed by atoms with van der Waals surface area (Å²) in [5, 5.41) is 1.04. The average molecular weight is 552 g/mol. The van der Waals surface area contributed by atoms with Crippen LogP contribution in [0.1, 0.15) is 22.5 Å². The summed E-state index contributed by atoms with van der Waals surface area (Å²) in [6, 6.07) is 21.9. The topological polar surface area (TPSA) is 80.8 Å². The Balaban J connectivity index is 1.58. The minimum absolute atomic E-state index is 0.492. The van der Waals surface area contributed by atoms with Gasteiger partial charge in [-0.15, -0.1) is 0 Å². The van der Waals surface area contributed by atoms with E-state index < -0.39 is 0 Å². The highest BCUT2D eigenvalue weighted by Gasteiger charge is 2.22. The predicted octanol–water partition coefficient (Wildman–Crippen LogP) is 6.25. The Morgan fingerprint density at radius 3 is 2.62 bits per heavy atom. The van der Waals surface area contributed by atoms with Gasteiger partial charge in [0.25, 0.3) is 0 Å². The maximum absolute atomic E-state index is 5.63. The van der Waals surface area contributed by atoms with Crippen LogP contribution in [-0.4, -0.2) is 56.8 Å². The predicted molar refractivity (Wildman–Crippen MR) is 167 cm³/mol. The van der Waals surface area contributed by atoms with Crippen LogP contribution in [0.2, 0.25) is 0 Å². The molecule has 0 unspecified atom stereocenters. The fourth-order valence-electron chi connectivity index (χ4n) is 4.74. The van der Waals surface area contributed by atoms with Crippen molar-refractivity contribution in [3.8, 4) is 40.2 Å². The first-order chi connectivity index (χ1) is 20.4. The number of methoxy groups -OCH3 is 1. The van der Waals surface area contributed by atoms with Crippen molar-refractivity contribution in [3.05, 3.63) is 102 Å². The molecule has 0 aliphatic heterocycles. The molecule has 1 aromatic carbocycles. The normalized spacial score (nSPS) is 11.2. The lowest BCUT2D eigenvalue weighted by Crippen LogP contribution is -2.07. The molecule has 0 aliphatic carbocycles. The van der Waals surface area contributed by atoms with Crippen molar-refractivity contribution in [3.63, 3.8) is 0 Å². The molecule has 0 N–H and O–H groups in total. The first-order valence-corrected chi connectivity index (χ1v) is 13.5. The van der Waals surface area contributed by atoms with Crippen molar-refractivity contribution in [2.24, 2.45) is 4.99 Å². The number of nitrogens with zero attached hydrogens (tertiary/aromatic N) is 7. The monoisotopic (exact) mass is 551 g/mol. The van der Waals surface area contributed by atoms with Gasteiger partial charge in [0, 0.05) is 48.7 Å². The van der Waals surface area contributed by atoms with E-state index in [1.807, 2.05) is 80.6 Å². The van der Waals surface area contributed by atoms with Gasteiger partial charge in [-0.1, -0.05) is 12.0 Å². The summed E-state index contributed by atoms with van der Waals surface area (Å²) in [6.07, 6.45) is 5.45. The number of aliphatic imine (C=N–C) groups is 1. The average Bonchev–Trinajstić information content (AvgIpc) is 3.37. The molecule has 8 nitrogen and oxygen atoms in total. The number of aromatic nitrogens is 5. The molecule has 0 saturated carbocycles. The number of imidazole rings is 1. The molecule has 0 radical (unpaired) electrons. The van der Waals surface area contributed by atoms with E-state index in [0.29, 0.717) is 17.4 Å². The van der Waals surface area contributed by atoms with E-state index >= 15 is 0 Å². The molecule has 0 bridgehead atoms. The van der Waals surface area contributed by atoms with E-state index in [4.69, 9.17) is 14.7 Å². The molecule has 0 atom stereocenters. The molecule has 0 fully saturated rings. The zero-order chi connectivity index (χ0) is 29.2. The maximum atomic E-state index is 5.63. The molecule has 0 spiro atoms. The minimum atomic E-state index is 0.492. The number of pyridine rings is 4. The summed E-state index contributed by atoms with van der Waals surface area (Å²) in [5.74, 6) is 7.73. The summed E-state index contributed by atoms with van der Waals surface area (Å²) in [5.41, 5.74) is 8.45. The molecular formula is C34H29N7O. The molecule has 206 valence electrons. The van der Waals surface area contributed by atoms with Crippen LogP contribution in [0.5, 0.6) is 5.88 Å². The highest BCUT2D eigenvalue weighted by Crippen LogP contribution is 2.38. The van der Waals surface area contributed by atoms with Crippen LogP contribution >= 0.6 is 0 Å². The number of rotatable bonds is 5. The number of benzene rings is 1. The molecule has 0 saturated heterocycles. The Kier molecular flexibility index (Phi) is 7.07. The van der Waals surface area contributed by atoms with Gasteiger partial charge in [0.15, 0.2) is 5.82 Å². The number of hydrogen-bond donors (Lipinski definition) is 0. The van der Waals surface area contributed by atoms with Crippen molar-refractivity contribution in [1.82, 2.24) is 29.2 Å². The molecule has 8 heteroatoms. The molecule has 6 rings (SSSR count). The number of aryl methyl sites for hydroxylation is 2. The summed E-state index contributed by atoms with van der Waals surface area (Å²) in [4.78, 5) is 25.4. The first-order valence-electron chi connectivity index (χ1n) is 13.5. The Morgan fingerprint density at radius 2 is 1.79 bits per heavy atom. The van der Waals surface area contributed by atoms with E-state index in [1.54, 1.807) is 19.6 Å². The Labute approximate surface area is 244 Å². The Morgan fingerprint density at radius 1 is 0.905 bits per heavy atom. The third kappa shape index (κ3) is 5.28. The second-order valence-electron chi connectivity index (χ2n) is 10.2. The fourth-order valence-corrected chi connectivity index (χ4v) is 4.74. The lowest BCUT2D eigenvalue weighted by Gasteiger charge is -2.11. The molecule has 6 aromatic rings. The van der Waals surface area contributed by atoms with E-state index in [-0.39, 0.29) is 0 Å². The van der Waals surface area contributed by atoms with Gasteiger partial charge in [0.05, 0.1) is 30.2 Å². The molecule has 42 heavy (non-hydrogen) atoms. The van der Waals surface area contributed by atoms with Crippen molar-refractivity contribution >= 4 is 28.7 Å². The number of ether oxygens (including phenoxy) is 1. The third-order valence-corrected chi connectivity index (χ3v) is 6.71. The van der Waals surface area contributed by atoms with Crippen LogP contribution in [0.25, 0.3) is 39.1 Å². The molecule has 5 aromatic heterocycles. The summed E-state index contributed by atoms with van der Waals surface area (Å²) >= 11 is 0. The number of fused-ring (bicyclic) bond motifs is 2. The van der Waals surface area contributed by atoms with Crippen LogP contribution in [0.3, 0.4) is 0 Å². The van der Waals surface area contributed by atoms with Gasteiger partial charge >= 0.3 is 0 Å². The Hall–Kier alpha value is -5.55. The standard InChI is InChI=1S/C34H29N7O/c1-22-16-18-41-31(19-22)39-32(27-7-6-17-35-34(27)42-5)33(41)26-12-15-30(36-21-40(3)4)38-29(26)14-10-24-9-13-28-25(20-24)11-8-23(2)37-28/h6-9,11-13,15-21H,1-5H3/b36-21+. The third-order valence-electron chi connectivity index (χ3n) is 6.71. The molecular weight excluding hydrogens is 522 g/mol. The zero-order valence-electron chi connectivity index (χ0n) is 24.1. The van der Waals surface area contributed by atoms with Crippen LogP contribution < -0.4 is 4.74 Å². The van der Waals surface area contributed by atoms with Crippen LogP contribution in [-0.2, 0) is 0 Å². The Bertz CT molecular complexity index is 2050. The second kappa shape index (κ2) is 11.1. The first kappa shape index (κ1) is 26.7. The lowest BCUT2D eigenvalue weighted by atomic mass is 10.0. The summed E-state index contributed by atoms with van der Waals surface area (Å²) < 4.78 is 7.69. The van der Waals surface area contributed by atoms with E-state index in [1.165, 1.54) is 0 Å². The smallest absolute Gasteiger partial charge is 0.222 e. The van der Waals surface area contributed by atoms with Crippen molar-refractivity contribution in [2.45, 2.75) is 13.8 Å². The van der Waals surface area contributed by atoms with Gasteiger partial charge in [0.2, 0.25) is 5.88 Å². The maximum Gasteiger partial charge on any atom is 0.222 e. The second-order valence-corrected chi connectivity index (χ2v) is 10.2. The number of hydrogen-bond acceptors (Lipinski definition) is 6. The zero-order valence-corrected chi connectivity index (χ0v) is 24.1. The highest BCUT2D eigenvalue weighted by atomic mass is 16.5. The van der Waals surface area contributed by atoms with E-state index in [2.05, 4.69) is 56.3 Å². The summed E-state index contributed by atoms with van der Waals surface area (Å²) in [6.45, 7) is 4.04. The van der Waals surface area contributed by atoms with Gasteiger partial charge in [0.1, 0.15) is 17.0 Å². The van der Waals surface area contributed by atoms with Crippen molar-refractivity contribution in [1.29, 1.82) is 0 Å². The van der Waals surface area contributed by atoms with Crippen LogP contribution in [0, 0.1) is 25.7 Å². The minimum Gasteiger partial charge on any atom is -0.481 e. The van der Waals surface area contributed by atoms with Gasteiger partial charge in [-0.05, 0) is 86.0 Å².